The number of hydrogen-bond donors (Lipinski definition) is 2. The highest BCUT2D eigenvalue weighted by molar-refractivity contribution is 6.40. The maximum Gasteiger partial charge on any atom is 0.330 e. The zero-order chi connectivity index (χ0) is 10.1. The molecule has 0 radical (unpaired) electrons. The van der Waals surface area contributed by atoms with Crippen molar-refractivity contribution in [3.63, 3.8) is 0 Å². The summed E-state index contributed by atoms with van der Waals surface area (Å²) in [5.41, 5.74) is 15.9. The summed E-state index contributed by atoms with van der Waals surface area (Å²) in [6, 6.07) is 0. The van der Waals surface area contributed by atoms with Crippen LogP contribution in [-0.4, -0.2) is 22.1 Å². The van der Waals surface area contributed by atoms with Crippen LogP contribution < -0.4 is 0 Å². The van der Waals surface area contributed by atoms with E-state index >= 15 is 0 Å². The maximum atomic E-state index is 8.22. The Kier molecular flexibility index (Phi) is 3.42. The van der Waals surface area contributed by atoms with Crippen molar-refractivity contribution in [2.75, 3.05) is 0 Å². The van der Waals surface area contributed by atoms with Crippen LogP contribution >= 0.6 is 0 Å². The molecule has 0 spiro atoms. The number of azide groups is 2. The van der Waals surface area contributed by atoms with Crippen molar-refractivity contribution in [2.45, 2.75) is 0 Å². The lowest BCUT2D eigenvalue weighted by Gasteiger charge is -1.89. The van der Waals surface area contributed by atoms with E-state index in [0.29, 0.717) is 0 Å². The molecule has 0 fully saturated rings. The molecule has 12 heavy (non-hydrogen) atoms. The Labute approximate surface area is 66.2 Å². The molecule has 10 heteroatoms. The molecule has 0 aliphatic heterocycles. The minimum absolute atomic E-state index is 0.655. The van der Waals surface area contributed by atoms with E-state index in [9.17, 15) is 0 Å². The molecule has 0 rings (SSSR count). The number of hydrogen-bond acceptors (Lipinski definition) is 4. The third-order valence-corrected chi connectivity index (χ3v) is 0.660. The molecule has 0 amide bonds. The van der Waals surface area contributed by atoms with E-state index in [-0.39, 0.29) is 0 Å². The molecule has 0 aromatic rings. The van der Waals surface area contributed by atoms with Gasteiger partial charge >= 0.3 is 1.43 Å². The molecule has 0 unspecified atom stereocenters. The molecule has 10 nitrogen and oxygen atoms in total. The summed E-state index contributed by atoms with van der Waals surface area (Å²) in [6.07, 6.45) is 0. The van der Waals surface area contributed by atoms with Crippen molar-refractivity contribution in [1.29, 1.82) is 0 Å². The van der Waals surface area contributed by atoms with Gasteiger partial charge in [-0.05, 0) is 21.3 Å². The van der Waals surface area contributed by atoms with Gasteiger partial charge < -0.3 is 10.4 Å². The first kappa shape index (κ1) is 7.66. The number of oxime groups is 2. The first-order valence-corrected chi connectivity index (χ1v) is 2.33. The predicted molar refractivity (Wildman–Crippen MR) is 36.7 cm³/mol. The molecular formula is C2H2N8O2. The van der Waals surface area contributed by atoms with E-state index in [4.69, 9.17) is 17.7 Å². The molecule has 62 valence electrons. The second-order valence-electron chi connectivity index (χ2n) is 1.22. The fraction of sp³-hybridized carbons (Fsp3) is 0. The average Bonchev–Trinajstić information content (AvgIpc) is 2.14. The Bertz CT molecular complexity index is 321. The van der Waals surface area contributed by atoms with E-state index in [1.54, 1.807) is 0 Å². The van der Waals surface area contributed by atoms with Gasteiger partial charge in [0, 0.05) is 9.82 Å². The Hall–Kier alpha value is -2.44. The normalized spacial score (nSPS) is 12.2. The standard InChI is InChI=1S/C2H2N8O2/c3-9-5-1(7-11)2(8-12)6-10-4/h11-12H/i/hD. The molecule has 0 bridgehead atoms. The van der Waals surface area contributed by atoms with Crippen molar-refractivity contribution in [1.82, 2.24) is 0 Å². The third-order valence-electron chi connectivity index (χ3n) is 0.660. The molecule has 0 aromatic heterocycles. The summed E-state index contributed by atoms with van der Waals surface area (Å²) in [6.45, 7) is 0. The minimum Gasteiger partial charge on any atom is -0.410 e. The molecule has 0 aromatic carbocycles. The van der Waals surface area contributed by atoms with Gasteiger partial charge in [0.2, 0.25) is 0 Å². The van der Waals surface area contributed by atoms with Crippen LogP contribution in [0.3, 0.4) is 0 Å². The number of amidine groups is 2. The fourth-order valence-electron chi connectivity index (χ4n) is 0.298. The molecule has 0 heterocycles. The van der Waals surface area contributed by atoms with Gasteiger partial charge in [0.15, 0.2) is 11.7 Å². The summed E-state index contributed by atoms with van der Waals surface area (Å²) in [7, 11) is 0. The van der Waals surface area contributed by atoms with E-state index in [2.05, 4.69) is 35.6 Å². The van der Waals surface area contributed by atoms with E-state index in [1.807, 2.05) is 0 Å². The van der Waals surface area contributed by atoms with Crippen LogP contribution in [0.4, 0.5) is 0 Å². The Morgan fingerprint density at radius 3 is 2.00 bits per heavy atom. The predicted octanol–water partition coefficient (Wildman–Crippen LogP) is 1.18. The van der Waals surface area contributed by atoms with Crippen molar-refractivity contribution in [2.24, 2.45) is 20.5 Å². The lowest BCUT2D eigenvalue weighted by molar-refractivity contribution is 0.313. The molecule has 0 aliphatic carbocycles. The first-order valence-electron chi connectivity index (χ1n) is 2.74. The Morgan fingerprint density at radius 2 is 1.67 bits per heavy atom. The molecule has 2 N–H and O–H groups in total. The van der Waals surface area contributed by atoms with Crippen LogP contribution in [0.5, 0.6) is 0 Å². The van der Waals surface area contributed by atoms with Crippen LogP contribution in [-0.2, 0) is 0 Å². The van der Waals surface area contributed by atoms with Crippen molar-refractivity contribution in [3.8, 4) is 0 Å². The lowest BCUT2D eigenvalue weighted by atomic mass is 10.6. The number of nitrogens with zero attached hydrogens (tertiary/aromatic N) is 8. The second-order valence-corrected chi connectivity index (χ2v) is 1.22. The van der Waals surface area contributed by atoms with Gasteiger partial charge in [-0.1, -0.05) is 10.3 Å². The quantitative estimate of drug-likeness (QED) is 0.115. The van der Waals surface area contributed by atoms with E-state index in [0.717, 1.165) is 0 Å². The molecule has 0 atom stereocenters. The molecule has 0 saturated heterocycles. The van der Waals surface area contributed by atoms with Crippen LogP contribution in [0.2, 0.25) is 1.43 Å². The summed E-state index contributed by atoms with van der Waals surface area (Å²) in [5.74, 6) is -1.36. The van der Waals surface area contributed by atoms with E-state index in [1.165, 1.54) is 0 Å². The van der Waals surface area contributed by atoms with Crippen molar-refractivity contribution < 1.29 is 11.8 Å². The summed E-state index contributed by atoms with van der Waals surface area (Å²) in [4.78, 5) is 4.51. The molecule has 0 aliphatic rings. The summed E-state index contributed by atoms with van der Waals surface area (Å²) >= 11 is 0. The van der Waals surface area contributed by atoms with Gasteiger partial charge in [-0.2, -0.15) is 0 Å². The monoisotopic (exact) mass is 171 g/mol. The van der Waals surface area contributed by atoms with Gasteiger partial charge in [-0.15, -0.1) is 0 Å². The maximum absolute atomic E-state index is 8.22. The van der Waals surface area contributed by atoms with Crippen LogP contribution in [0.25, 0.3) is 20.9 Å². The van der Waals surface area contributed by atoms with Gasteiger partial charge in [-0.3, -0.25) is 0 Å². The Balaban J connectivity index is 5.03. The van der Waals surface area contributed by atoms with Crippen molar-refractivity contribution in [3.05, 3.63) is 20.9 Å². The van der Waals surface area contributed by atoms with Gasteiger partial charge in [-0.25, -0.2) is 0 Å². The summed E-state index contributed by atoms with van der Waals surface area (Å²) in [5, 5.41) is 22.6. The van der Waals surface area contributed by atoms with Crippen molar-refractivity contribution >= 4 is 11.7 Å². The zero-order valence-corrected chi connectivity index (χ0v) is 5.43. The smallest absolute Gasteiger partial charge is 0.330 e. The summed E-state index contributed by atoms with van der Waals surface area (Å²) < 4.78 is 6.17. The topological polar surface area (TPSA) is 163 Å². The van der Waals surface area contributed by atoms with Gasteiger partial charge in [0.1, 0.15) is 0 Å². The number of rotatable bonds is 1. The van der Waals surface area contributed by atoms with E-state index < -0.39 is 11.7 Å². The van der Waals surface area contributed by atoms with Gasteiger partial charge in [0.05, 0.1) is 0 Å². The fourth-order valence-corrected chi connectivity index (χ4v) is 0.298. The minimum atomic E-state index is -0.701. The highest BCUT2D eigenvalue weighted by Crippen LogP contribution is 1.89. The lowest BCUT2D eigenvalue weighted by Crippen LogP contribution is -2.07. The molecule has 0 saturated carbocycles. The van der Waals surface area contributed by atoms with Gasteiger partial charge in [0.25, 0.3) is 0 Å². The zero-order valence-electron chi connectivity index (χ0n) is 6.43. The largest absolute Gasteiger partial charge is 0.410 e. The molecular weight excluding hydrogens is 168 g/mol. The van der Waals surface area contributed by atoms with Crippen LogP contribution in [0, 0.1) is 0 Å². The first-order chi connectivity index (χ1) is 6.29. The highest BCUT2D eigenvalue weighted by atomic mass is 16.4. The second kappa shape index (κ2) is 5.35. The average molecular weight is 171 g/mol. The van der Waals surface area contributed by atoms with Crippen LogP contribution in [0.15, 0.2) is 20.5 Å². The Morgan fingerprint density at radius 1 is 1.17 bits per heavy atom. The third kappa shape index (κ3) is 2.43. The SMILES string of the molecule is [2H]ON=C(N=[N+]=[N-])C(N=[N+]=[N-])=NO. The highest BCUT2D eigenvalue weighted by Gasteiger charge is 2.05. The van der Waals surface area contributed by atoms with Crippen LogP contribution in [0.1, 0.15) is 0 Å².